The minimum Gasteiger partial charge on any atom is -0.378 e. The molecule has 20 heavy (non-hydrogen) atoms. The van der Waals surface area contributed by atoms with Crippen LogP contribution in [0, 0.1) is 6.92 Å². The van der Waals surface area contributed by atoms with Gasteiger partial charge in [0.1, 0.15) is 0 Å². The fraction of sp³-hybridized carbons (Fsp3) is 0.647. The van der Waals surface area contributed by atoms with Gasteiger partial charge >= 0.3 is 0 Å². The van der Waals surface area contributed by atoms with Gasteiger partial charge in [-0.05, 0) is 62.8 Å². The third kappa shape index (κ3) is 4.47. The Kier molecular flexibility index (Phi) is 6.34. The van der Waals surface area contributed by atoms with E-state index in [1.165, 1.54) is 36.8 Å². The summed E-state index contributed by atoms with van der Waals surface area (Å²) in [6.07, 6.45) is 6.43. The van der Waals surface area contributed by atoms with Crippen molar-refractivity contribution < 1.29 is 4.74 Å². The molecule has 1 fully saturated rings. The fourth-order valence-electron chi connectivity index (χ4n) is 2.95. The summed E-state index contributed by atoms with van der Waals surface area (Å²) < 4.78 is 5.69. The van der Waals surface area contributed by atoms with Crippen molar-refractivity contribution >= 4 is 11.6 Å². The lowest BCUT2D eigenvalue weighted by Crippen LogP contribution is -2.21. The second-order valence-electron chi connectivity index (χ2n) is 5.70. The van der Waals surface area contributed by atoms with Gasteiger partial charge in [-0.25, -0.2) is 0 Å². The highest BCUT2D eigenvalue weighted by Gasteiger charge is 2.18. The highest BCUT2D eigenvalue weighted by Crippen LogP contribution is 2.28. The summed E-state index contributed by atoms with van der Waals surface area (Å²) in [5.74, 6) is 0. The predicted octanol–water partition coefficient (Wildman–Crippen LogP) is 4.65. The second kappa shape index (κ2) is 8.02. The Morgan fingerprint density at radius 3 is 2.95 bits per heavy atom. The first kappa shape index (κ1) is 15.8. The van der Waals surface area contributed by atoms with Gasteiger partial charge in [0.25, 0.3) is 0 Å². The molecule has 2 atom stereocenters. The zero-order chi connectivity index (χ0) is 14.4. The molecule has 1 aromatic carbocycles. The fourth-order valence-corrected chi connectivity index (χ4v) is 3.32. The summed E-state index contributed by atoms with van der Waals surface area (Å²) in [6.45, 7) is 6.14. The Balaban J connectivity index is 1.91. The normalized spacial score (nSPS) is 20.2. The molecule has 3 heteroatoms. The smallest absolute Gasteiger partial charge is 0.0576 e. The van der Waals surface area contributed by atoms with Crippen molar-refractivity contribution in [3.63, 3.8) is 0 Å². The summed E-state index contributed by atoms with van der Waals surface area (Å²) in [7, 11) is 0. The number of hydrogen-bond acceptors (Lipinski definition) is 2. The average Bonchev–Trinajstić information content (AvgIpc) is 2.91. The molecule has 2 rings (SSSR count). The van der Waals surface area contributed by atoms with E-state index in [1.807, 2.05) is 0 Å². The van der Waals surface area contributed by atoms with E-state index in [0.717, 1.165) is 24.6 Å². The van der Waals surface area contributed by atoms with Crippen LogP contribution in [0.3, 0.4) is 0 Å². The number of hydrogen-bond donors (Lipinski definition) is 1. The zero-order valence-corrected chi connectivity index (χ0v) is 13.4. The van der Waals surface area contributed by atoms with Gasteiger partial charge in [-0.15, -0.1) is 0 Å². The molecule has 112 valence electrons. The molecule has 0 radical (unpaired) electrons. The van der Waals surface area contributed by atoms with E-state index in [2.05, 4.69) is 37.4 Å². The number of aryl methyl sites for hydroxylation is 1. The molecule has 2 nitrogen and oxygen atoms in total. The summed E-state index contributed by atoms with van der Waals surface area (Å²) in [5, 5.41) is 4.44. The van der Waals surface area contributed by atoms with Crippen molar-refractivity contribution in [3.05, 3.63) is 34.3 Å². The first-order valence-electron chi connectivity index (χ1n) is 7.81. The van der Waals surface area contributed by atoms with Crippen LogP contribution in [-0.4, -0.2) is 19.3 Å². The summed E-state index contributed by atoms with van der Waals surface area (Å²) in [5.41, 5.74) is 2.44. The number of rotatable bonds is 7. The van der Waals surface area contributed by atoms with E-state index in [1.54, 1.807) is 0 Å². The van der Waals surface area contributed by atoms with Crippen molar-refractivity contribution in [2.24, 2.45) is 0 Å². The Labute approximate surface area is 127 Å². The molecule has 0 saturated carbocycles. The highest BCUT2D eigenvalue weighted by atomic mass is 35.5. The van der Waals surface area contributed by atoms with Crippen LogP contribution in [0.25, 0.3) is 0 Å². The van der Waals surface area contributed by atoms with E-state index >= 15 is 0 Å². The van der Waals surface area contributed by atoms with Crippen molar-refractivity contribution in [2.75, 3.05) is 13.2 Å². The topological polar surface area (TPSA) is 21.3 Å². The van der Waals surface area contributed by atoms with Gasteiger partial charge in [0.2, 0.25) is 0 Å². The van der Waals surface area contributed by atoms with Gasteiger partial charge in [0.15, 0.2) is 0 Å². The largest absolute Gasteiger partial charge is 0.378 e. The maximum absolute atomic E-state index is 6.40. The van der Waals surface area contributed by atoms with Gasteiger partial charge in [-0.3, -0.25) is 0 Å². The molecule has 1 saturated heterocycles. The predicted molar refractivity (Wildman–Crippen MR) is 85.4 cm³/mol. The average molecular weight is 296 g/mol. The van der Waals surface area contributed by atoms with Crippen LogP contribution < -0.4 is 5.32 Å². The lowest BCUT2D eigenvalue weighted by molar-refractivity contribution is 0.101. The zero-order valence-electron chi connectivity index (χ0n) is 12.6. The van der Waals surface area contributed by atoms with Crippen LogP contribution in [-0.2, 0) is 4.74 Å². The standard InChI is InChI=1S/C17H26ClNO/c1-3-19-17(8-4-6-14-7-5-11-20-14)15-10-9-13(2)12-16(15)18/h9-10,12,14,17,19H,3-8,11H2,1-2H3. The number of halogens is 1. The minimum atomic E-state index is 0.356. The van der Waals surface area contributed by atoms with Crippen molar-refractivity contribution in [1.29, 1.82) is 0 Å². The Hall–Kier alpha value is -0.570. The quantitative estimate of drug-likeness (QED) is 0.790. The molecule has 1 aliphatic heterocycles. The lowest BCUT2D eigenvalue weighted by atomic mass is 9.98. The Bertz CT molecular complexity index is 415. The van der Waals surface area contributed by atoms with Crippen LogP contribution in [0.5, 0.6) is 0 Å². The van der Waals surface area contributed by atoms with Crippen LogP contribution >= 0.6 is 11.6 Å². The Morgan fingerprint density at radius 2 is 2.30 bits per heavy atom. The first-order chi connectivity index (χ1) is 9.70. The van der Waals surface area contributed by atoms with Gasteiger partial charge in [-0.2, -0.15) is 0 Å². The molecule has 1 aliphatic rings. The molecular weight excluding hydrogens is 270 g/mol. The van der Waals surface area contributed by atoms with Gasteiger partial charge in [-0.1, -0.05) is 30.7 Å². The van der Waals surface area contributed by atoms with Crippen molar-refractivity contribution in [2.45, 2.75) is 58.1 Å². The molecular formula is C17H26ClNO. The third-order valence-corrected chi connectivity index (χ3v) is 4.35. The SMILES string of the molecule is CCNC(CCCC1CCCO1)c1ccc(C)cc1Cl. The summed E-state index contributed by atoms with van der Waals surface area (Å²) in [6, 6.07) is 6.72. The van der Waals surface area contributed by atoms with Crippen molar-refractivity contribution in [1.82, 2.24) is 5.32 Å². The van der Waals surface area contributed by atoms with E-state index in [0.29, 0.717) is 12.1 Å². The molecule has 2 unspecified atom stereocenters. The summed E-state index contributed by atoms with van der Waals surface area (Å²) >= 11 is 6.40. The molecule has 0 aliphatic carbocycles. The van der Waals surface area contributed by atoms with Crippen LogP contribution in [0.2, 0.25) is 5.02 Å². The van der Waals surface area contributed by atoms with Crippen LogP contribution in [0.1, 0.15) is 56.2 Å². The van der Waals surface area contributed by atoms with Crippen LogP contribution in [0.15, 0.2) is 18.2 Å². The second-order valence-corrected chi connectivity index (χ2v) is 6.11. The monoisotopic (exact) mass is 295 g/mol. The van der Waals surface area contributed by atoms with E-state index < -0.39 is 0 Å². The molecule has 0 aromatic heterocycles. The third-order valence-electron chi connectivity index (χ3n) is 4.02. The van der Waals surface area contributed by atoms with Crippen LogP contribution in [0.4, 0.5) is 0 Å². The van der Waals surface area contributed by atoms with Gasteiger partial charge in [0, 0.05) is 17.7 Å². The van der Waals surface area contributed by atoms with Gasteiger partial charge in [0.05, 0.1) is 6.10 Å². The maximum atomic E-state index is 6.40. The summed E-state index contributed by atoms with van der Waals surface area (Å²) in [4.78, 5) is 0. The molecule has 1 heterocycles. The number of nitrogens with one attached hydrogen (secondary N) is 1. The number of ether oxygens (including phenoxy) is 1. The van der Waals surface area contributed by atoms with E-state index in [-0.39, 0.29) is 0 Å². The lowest BCUT2D eigenvalue weighted by Gasteiger charge is -2.20. The van der Waals surface area contributed by atoms with E-state index in [9.17, 15) is 0 Å². The minimum absolute atomic E-state index is 0.356. The molecule has 0 amide bonds. The number of benzene rings is 1. The molecule has 0 spiro atoms. The highest BCUT2D eigenvalue weighted by molar-refractivity contribution is 6.31. The molecule has 1 N–H and O–H groups in total. The van der Waals surface area contributed by atoms with Gasteiger partial charge < -0.3 is 10.1 Å². The molecule has 0 bridgehead atoms. The van der Waals surface area contributed by atoms with Crippen molar-refractivity contribution in [3.8, 4) is 0 Å². The molecule has 1 aromatic rings. The first-order valence-corrected chi connectivity index (χ1v) is 8.19. The Morgan fingerprint density at radius 1 is 1.45 bits per heavy atom. The maximum Gasteiger partial charge on any atom is 0.0576 e. The van der Waals surface area contributed by atoms with E-state index in [4.69, 9.17) is 16.3 Å².